The Balaban J connectivity index is 4.05. The summed E-state index contributed by atoms with van der Waals surface area (Å²) >= 11 is 1.49. The molecule has 1 unspecified atom stereocenters. The largest absolute Gasteiger partial charge is 0.431 e. The van der Waals surface area contributed by atoms with Crippen LogP contribution in [-0.2, 0) is 0 Å². The normalized spacial score (nSPS) is 14.9. The molecule has 0 N–H and O–H groups in total. The monoisotopic (exact) mass is 478 g/mol. The maximum Gasteiger partial charge on any atom is 0.431 e. The van der Waals surface area contributed by atoms with Gasteiger partial charge in [0.1, 0.15) is 0 Å². The van der Waals surface area contributed by atoms with Crippen LogP contribution >= 0.6 is 22.6 Å². The van der Waals surface area contributed by atoms with Gasteiger partial charge in [-0.25, -0.2) is 4.39 Å². The first kappa shape index (κ1) is 24.2. The van der Waals surface area contributed by atoms with E-state index in [1.54, 1.807) is 0 Å². The molecule has 0 aromatic carbocycles. The van der Waals surface area contributed by atoms with E-state index in [1.807, 2.05) is 0 Å². The number of rotatable bonds is 12. The summed E-state index contributed by atoms with van der Waals surface area (Å²) < 4.78 is 87.4. The average Bonchev–Trinajstić information content (AvgIpc) is 2.43. The molecule has 0 aliphatic rings. The highest BCUT2D eigenvalue weighted by molar-refractivity contribution is 14.1. The van der Waals surface area contributed by atoms with Gasteiger partial charge in [0.25, 0.3) is 5.67 Å². The standard InChI is InChI=1S/C16H26F7I/c1-2-3-4-5-6-7-8-9-10-11-13(24)12-14(17,15(18,19)20)16(21,22)23/h13H,2-12H2,1H3. The zero-order chi connectivity index (χ0) is 18.9. The second kappa shape index (κ2) is 11.1. The number of hydrogen-bond donors (Lipinski definition) is 0. The van der Waals surface area contributed by atoms with E-state index in [1.165, 1.54) is 41.9 Å². The van der Waals surface area contributed by atoms with Crippen molar-refractivity contribution in [1.82, 2.24) is 0 Å². The Kier molecular flexibility index (Phi) is 11.2. The number of unbranched alkanes of at least 4 members (excludes halogenated alkanes) is 8. The molecule has 0 aromatic rings. The van der Waals surface area contributed by atoms with Crippen LogP contribution in [0.4, 0.5) is 30.7 Å². The van der Waals surface area contributed by atoms with E-state index in [0.717, 1.165) is 32.1 Å². The predicted octanol–water partition coefficient (Wildman–Crippen LogP) is 7.93. The molecule has 0 aliphatic carbocycles. The van der Waals surface area contributed by atoms with E-state index < -0.39 is 28.4 Å². The highest BCUT2D eigenvalue weighted by atomic mass is 127. The molecule has 8 heteroatoms. The average molecular weight is 478 g/mol. The minimum absolute atomic E-state index is 0.161. The fraction of sp³-hybridized carbons (Fsp3) is 1.00. The summed E-state index contributed by atoms with van der Waals surface area (Å²) in [6, 6.07) is 0. The van der Waals surface area contributed by atoms with Crippen molar-refractivity contribution >= 4 is 22.6 Å². The van der Waals surface area contributed by atoms with E-state index in [4.69, 9.17) is 0 Å². The lowest BCUT2D eigenvalue weighted by Gasteiger charge is -2.31. The minimum atomic E-state index is -5.94. The van der Waals surface area contributed by atoms with Crippen LogP contribution in [0.1, 0.15) is 77.6 Å². The highest BCUT2D eigenvalue weighted by Crippen LogP contribution is 2.50. The van der Waals surface area contributed by atoms with E-state index in [9.17, 15) is 30.7 Å². The summed E-state index contributed by atoms with van der Waals surface area (Å²) in [5.74, 6) is 0. The van der Waals surface area contributed by atoms with Gasteiger partial charge in [0.05, 0.1) is 0 Å². The van der Waals surface area contributed by atoms with Crippen LogP contribution < -0.4 is 0 Å². The summed E-state index contributed by atoms with van der Waals surface area (Å²) in [7, 11) is 0. The molecule has 0 amide bonds. The van der Waals surface area contributed by atoms with Crippen molar-refractivity contribution in [2.45, 2.75) is 99.5 Å². The Morgan fingerprint density at radius 2 is 1.04 bits per heavy atom. The molecule has 0 rings (SSSR count). The van der Waals surface area contributed by atoms with Gasteiger partial charge in [-0.3, -0.25) is 0 Å². The van der Waals surface area contributed by atoms with Crippen LogP contribution in [0.5, 0.6) is 0 Å². The fourth-order valence-electron chi connectivity index (χ4n) is 2.48. The molecule has 0 saturated heterocycles. The molecular formula is C16H26F7I. The van der Waals surface area contributed by atoms with Crippen LogP contribution in [0.15, 0.2) is 0 Å². The Morgan fingerprint density at radius 1 is 0.667 bits per heavy atom. The lowest BCUT2D eigenvalue weighted by molar-refractivity contribution is -0.342. The molecule has 0 nitrogen and oxygen atoms in total. The molecule has 0 spiro atoms. The Bertz CT molecular complexity index is 311. The van der Waals surface area contributed by atoms with Gasteiger partial charge >= 0.3 is 12.4 Å². The van der Waals surface area contributed by atoms with E-state index >= 15 is 0 Å². The van der Waals surface area contributed by atoms with Crippen molar-refractivity contribution < 1.29 is 30.7 Å². The third-order valence-corrected chi connectivity index (χ3v) is 5.09. The second-order valence-electron chi connectivity index (χ2n) is 6.22. The Morgan fingerprint density at radius 3 is 1.42 bits per heavy atom. The van der Waals surface area contributed by atoms with Gasteiger partial charge in [-0.2, -0.15) is 26.3 Å². The molecule has 24 heavy (non-hydrogen) atoms. The van der Waals surface area contributed by atoms with Crippen molar-refractivity contribution in [3.05, 3.63) is 0 Å². The third kappa shape index (κ3) is 8.56. The van der Waals surface area contributed by atoms with Gasteiger partial charge in [-0.05, 0) is 6.42 Å². The minimum Gasteiger partial charge on any atom is -0.224 e. The molecule has 1 atom stereocenters. The van der Waals surface area contributed by atoms with Crippen molar-refractivity contribution in [2.75, 3.05) is 0 Å². The van der Waals surface area contributed by atoms with E-state index in [0.29, 0.717) is 6.42 Å². The molecule has 0 fully saturated rings. The molecular weight excluding hydrogens is 452 g/mol. The first-order valence-electron chi connectivity index (χ1n) is 8.42. The number of halogens is 8. The number of hydrogen-bond acceptors (Lipinski definition) is 0. The van der Waals surface area contributed by atoms with Gasteiger partial charge in [0.2, 0.25) is 0 Å². The summed E-state index contributed by atoms with van der Waals surface area (Å²) in [5.41, 5.74) is -5.12. The molecule has 0 heterocycles. The van der Waals surface area contributed by atoms with Gasteiger partial charge in [0.15, 0.2) is 0 Å². The fourth-order valence-corrected chi connectivity index (χ4v) is 3.52. The summed E-state index contributed by atoms with van der Waals surface area (Å²) in [5, 5.41) is 0. The summed E-state index contributed by atoms with van der Waals surface area (Å²) in [4.78, 5) is 0. The quantitative estimate of drug-likeness (QED) is 0.116. The van der Waals surface area contributed by atoms with E-state index in [-0.39, 0.29) is 6.42 Å². The van der Waals surface area contributed by atoms with Crippen molar-refractivity contribution in [3.8, 4) is 0 Å². The summed E-state index contributed by atoms with van der Waals surface area (Å²) in [6.07, 6.45) is -4.25. The van der Waals surface area contributed by atoms with Crippen LogP contribution in [0.3, 0.4) is 0 Å². The zero-order valence-electron chi connectivity index (χ0n) is 13.9. The molecule has 0 bridgehead atoms. The third-order valence-electron chi connectivity index (χ3n) is 4.02. The van der Waals surface area contributed by atoms with Crippen molar-refractivity contribution in [3.63, 3.8) is 0 Å². The van der Waals surface area contributed by atoms with Crippen LogP contribution in [0.2, 0.25) is 0 Å². The van der Waals surface area contributed by atoms with Crippen molar-refractivity contribution in [1.29, 1.82) is 0 Å². The molecule has 0 saturated carbocycles. The lowest BCUT2D eigenvalue weighted by atomic mass is 9.95. The van der Waals surface area contributed by atoms with Crippen molar-refractivity contribution in [2.24, 2.45) is 0 Å². The summed E-state index contributed by atoms with van der Waals surface area (Å²) in [6.45, 7) is 2.13. The highest BCUT2D eigenvalue weighted by Gasteiger charge is 2.72. The SMILES string of the molecule is CCCCCCCCCCCC(I)CC(F)(C(F)(F)F)C(F)(F)F. The molecule has 0 radical (unpaired) electrons. The Hall–Kier alpha value is 0.240. The van der Waals surface area contributed by atoms with Crippen LogP contribution in [0, 0.1) is 0 Å². The molecule has 146 valence electrons. The first-order chi connectivity index (χ1) is 11.0. The maximum absolute atomic E-state index is 13.6. The van der Waals surface area contributed by atoms with Gasteiger partial charge in [-0.15, -0.1) is 0 Å². The second-order valence-corrected chi connectivity index (χ2v) is 7.98. The topological polar surface area (TPSA) is 0 Å². The smallest absolute Gasteiger partial charge is 0.224 e. The van der Waals surface area contributed by atoms with Crippen LogP contribution in [0.25, 0.3) is 0 Å². The Labute approximate surface area is 153 Å². The van der Waals surface area contributed by atoms with Gasteiger partial charge in [0, 0.05) is 10.3 Å². The maximum atomic E-state index is 13.6. The zero-order valence-corrected chi connectivity index (χ0v) is 16.0. The first-order valence-corrected chi connectivity index (χ1v) is 9.66. The van der Waals surface area contributed by atoms with E-state index in [2.05, 4.69) is 6.92 Å². The van der Waals surface area contributed by atoms with Crippen LogP contribution in [-0.4, -0.2) is 21.9 Å². The van der Waals surface area contributed by atoms with Gasteiger partial charge in [-0.1, -0.05) is 87.3 Å². The van der Waals surface area contributed by atoms with Gasteiger partial charge < -0.3 is 0 Å². The molecule has 0 aliphatic heterocycles. The number of alkyl halides is 8. The predicted molar refractivity (Wildman–Crippen MR) is 90.2 cm³/mol. The molecule has 0 aromatic heterocycles. The lowest BCUT2D eigenvalue weighted by Crippen LogP contribution is -2.54.